The van der Waals surface area contributed by atoms with Crippen LogP contribution < -0.4 is 5.32 Å². The molecule has 0 aliphatic rings. The van der Waals surface area contributed by atoms with E-state index in [0.29, 0.717) is 27.1 Å². The average Bonchev–Trinajstić information content (AvgIpc) is 2.88. The first-order valence-corrected chi connectivity index (χ1v) is 6.86. The van der Waals surface area contributed by atoms with E-state index in [-0.39, 0.29) is 12.4 Å². The molecule has 0 amide bonds. The van der Waals surface area contributed by atoms with E-state index in [0.717, 1.165) is 0 Å². The second kappa shape index (κ2) is 6.37. The summed E-state index contributed by atoms with van der Waals surface area (Å²) in [5, 5.41) is 14.7. The summed E-state index contributed by atoms with van der Waals surface area (Å²) in [6.45, 7) is 0. The lowest BCUT2D eigenvalue weighted by Gasteiger charge is -2.05. The maximum Gasteiger partial charge on any atom is 0.311 e. The lowest BCUT2D eigenvalue weighted by molar-refractivity contribution is -0.139. The van der Waals surface area contributed by atoms with Gasteiger partial charge in [0.15, 0.2) is 5.13 Å². The minimum Gasteiger partial charge on any atom is -0.469 e. The van der Waals surface area contributed by atoms with Crippen molar-refractivity contribution in [3.63, 3.8) is 0 Å². The number of nitrogens with zero attached hydrogens (tertiary/aromatic N) is 2. The van der Waals surface area contributed by atoms with Gasteiger partial charge in [0.2, 0.25) is 0 Å². The van der Waals surface area contributed by atoms with Gasteiger partial charge in [-0.3, -0.25) is 4.79 Å². The predicted octanol–water partition coefficient (Wildman–Crippen LogP) is 3.13. The van der Waals surface area contributed by atoms with Crippen LogP contribution in [0.3, 0.4) is 0 Å². The van der Waals surface area contributed by atoms with Crippen LogP contribution in [-0.2, 0) is 16.0 Å². The number of benzene rings is 1. The molecule has 1 aromatic heterocycles. The Labute approximate surface area is 124 Å². The van der Waals surface area contributed by atoms with E-state index < -0.39 is 0 Å². The minimum absolute atomic E-state index is 0.135. The maximum atomic E-state index is 11.1. The Balaban J connectivity index is 2.11. The number of aromatic nitrogens is 1. The number of nitriles is 1. The zero-order chi connectivity index (χ0) is 14.5. The Morgan fingerprint density at radius 3 is 3.05 bits per heavy atom. The molecule has 0 aliphatic carbocycles. The summed E-state index contributed by atoms with van der Waals surface area (Å²) < 4.78 is 4.58. The molecular formula is C13H10ClN3O2S. The van der Waals surface area contributed by atoms with Gasteiger partial charge in [0.25, 0.3) is 0 Å². The largest absolute Gasteiger partial charge is 0.469 e. The number of halogens is 1. The van der Waals surface area contributed by atoms with Crippen molar-refractivity contribution < 1.29 is 9.53 Å². The van der Waals surface area contributed by atoms with Gasteiger partial charge in [-0.2, -0.15) is 5.26 Å². The Hall–Kier alpha value is -2.10. The first-order valence-electron chi connectivity index (χ1n) is 5.60. The number of carbonyl (C=O) groups excluding carboxylic acids is 1. The highest BCUT2D eigenvalue weighted by Gasteiger charge is 2.09. The number of rotatable bonds is 4. The highest BCUT2D eigenvalue weighted by atomic mass is 35.5. The number of ether oxygens (including phenoxy) is 1. The monoisotopic (exact) mass is 307 g/mol. The van der Waals surface area contributed by atoms with Crippen LogP contribution in [-0.4, -0.2) is 18.1 Å². The first-order chi connectivity index (χ1) is 9.62. The molecule has 0 aliphatic heterocycles. The highest BCUT2D eigenvalue weighted by Crippen LogP contribution is 2.28. The van der Waals surface area contributed by atoms with Gasteiger partial charge in [-0.05, 0) is 18.2 Å². The smallest absolute Gasteiger partial charge is 0.311 e. The molecule has 0 radical (unpaired) electrons. The van der Waals surface area contributed by atoms with E-state index in [1.165, 1.54) is 18.4 Å². The molecule has 5 nitrogen and oxygen atoms in total. The van der Waals surface area contributed by atoms with Crippen LogP contribution in [0.4, 0.5) is 10.8 Å². The van der Waals surface area contributed by atoms with E-state index in [1.54, 1.807) is 23.6 Å². The van der Waals surface area contributed by atoms with Crippen LogP contribution in [0.1, 0.15) is 11.3 Å². The van der Waals surface area contributed by atoms with Gasteiger partial charge in [0.05, 0.1) is 41.6 Å². The van der Waals surface area contributed by atoms with Crippen molar-refractivity contribution in [1.29, 1.82) is 5.26 Å². The SMILES string of the molecule is COC(=O)Cc1csc(Nc2ccc(C#N)cc2Cl)n1. The molecule has 0 atom stereocenters. The van der Waals surface area contributed by atoms with E-state index in [4.69, 9.17) is 16.9 Å². The summed E-state index contributed by atoms with van der Waals surface area (Å²) in [7, 11) is 1.34. The molecule has 1 heterocycles. The standard InChI is InChI=1S/C13H10ClN3O2S/c1-19-12(18)5-9-7-20-13(16-9)17-11-3-2-8(6-15)4-10(11)14/h2-4,7H,5H2,1H3,(H,16,17). The van der Waals surface area contributed by atoms with Gasteiger partial charge in [0, 0.05) is 5.38 Å². The van der Waals surface area contributed by atoms with E-state index in [1.807, 2.05) is 6.07 Å². The number of hydrogen-bond acceptors (Lipinski definition) is 6. The third-order valence-electron chi connectivity index (χ3n) is 2.44. The minimum atomic E-state index is -0.335. The van der Waals surface area contributed by atoms with Crippen molar-refractivity contribution in [1.82, 2.24) is 4.98 Å². The van der Waals surface area contributed by atoms with Gasteiger partial charge in [-0.15, -0.1) is 11.3 Å². The molecule has 102 valence electrons. The quantitative estimate of drug-likeness (QED) is 0.878. The van der Waals surface area contributed by atoms with Crippen LogP contribution in [0.5, 0.6) is 0 Å². The van der Waals surface area contributed by atoms with E-state index >= 15 is 0 Å². The summed E-state index contributed by atoms with van der Waals surface area (Å²) in [5.41, 5.74) is 1.78. The van der Waals surface area contributed by atoms with Crippen molar-refractivity contribution in [3.05, 3.63) is 39.9 Å². The highest BCUT2D eigenvalue weighted by molar-refractivity contribution is 7.13. The first kappa shape index (κ1) is 14.3. The Kier molecular flexibility index (Phi) is 4.56. The van der Waals surface area contributed by atoms with Crippen molar-refractivity contribution in [2.45, 2.75) is 6.42 Å². The molecule has 1 N–H and O–H groups in total. The van der Waals surface area contributed by atoms with Gasteiger partial charge in [-0.25, -0.2) is 4.98 Å². The number of esters is 1. The number of hydrogen-bond donors (Lipinski definition) is 1. The molecule has 2 rings (SSSR count). The van der Waals surface area contributed by atoms with Crippen molar-refractivity contribution in [3.8, 4) is 6.07 Å². The van der Waals surface area contributed by atoms with E-state index in [9.17, 15) is 4.79 Å². The fourth-order valence-corrected chi connectivity index (χ4v) is 2.42. The second-order valence-corrected chi connectivity index (χ2v) is 5.09. The molecule has 0 saturated heterocycles. The number of carbonyl (C=O) groups is 1. The summed E-state index contributed by atoms with van der Waals surface area (Å²) in [5.74, 6) is -0.335. The van der Waals surface area contributed by atoms with Gasteiger partial charge < -0.3 is 10.1 Å². The van der Waals surface area contributed by atoms with Crippen LogP contribution in [0.2, 0.25) is 5.02 Å². The third kappa shape index (κ3) is 3.47. The predicted molar refractivity (Wildman–Crippen MR) is 77.3 cm³/mol. The second-order valence-electron chi connectivity index (χ2n) is 3.83. The lowest BCUT2D eigenvalue weighted by Crippen LogP contribution is -2.04. The molecule has 20 heavy (non-hydrogen) atoms. The Bertz CT molecular complexity index is 678. The topological polar surface area (TPSA) is 75.0 Å². The molecular weight excluding hydrogens is 298 g/mol. The number of methoxy groups -OCH3 is 1. The fourth-order valence-electron chi connectivity index (χ4n) is 1.47. The van der Waals surface area contributed by atoms with Crippen LogP contribution in [0.15, 0.2) is 23.6 Å². The maximum absolute atomic E-state index is 11.1. The van der Waals surface area contributed by atoms with Gasteiger partial charge in [-0.1, -0.05) is 11.6 Å². The molecule has 0 spiro atoms. The van der Waals surface area contributed by atoms with Crippen molar-refractivity contribution >= 4 is 39.7 Å². The normalized spacial score (nSPS) is 9.85. The molecule has 7 heteroatoms. The number of thiazole rings is 1. The molecule has 0 bridgehead atoms. The zero-order valence-electron chi connectivity index (χ0n) is 10.5. The molecule has 0 fully saturated rings. The van der Waals surface area contributed by atoms with Crippen molar-refractivity contribution in [2.75, 3.05) is 12.4 Å². The van der Waals surface area contributed by atoms with Crippen LogP contribution in [0.25, 0.3) is 0 Å². The lowest BCUT2D eigenvalue weighted by atomic mass is 10.2. The van der Waals surface area contributed by atoms with E-state index in [2.05, 4.69) is 15.0 Å². The van der Waals surface area contributed by atoms with Crippen molar-refractivity contribution in [2.24, 2.45) is 0 Å². The average molecular weight is 308 g/mol. The number of anilines is 2. The Morgan fingerprint density at radius 2 is 2.40 bits per heavy atom. The van der Waals surface area contributed by atoms with Crippen LogP contribution >= 0.6 is 22.9 Å². The molecule has 2 aromatic rings. The molecule has 0 unspecified atom stereocenters. The molecule has 0 saturated carbocycles. The van der Waals surface area contributed by atoms with Gasteiger partial charge in [0.1, 0.15) is 0 Å². The fraction of sp³-hybridized carbons (Fsp3) is 0.154. The molecule has 1 aromatic carbocycles. The van der Waals surface area contributed by atoms with Crippen LogP contribution in [0, 0.1) is 11.3 Å². The number of nitrogens with one attached hydrogen (secondary N) is 1. The summed E-state index contributed by atoms with van der Waals surface area (Å²) in [6.07, 6.45) is 0.135. The Morgan fingerprint density at radius 1 is 1.60 bits per heavy atom. The summed E-state index contributed by atoms with van der Waals surface area (Å²) in [4.78, 5) is 15.4. The third-order valence-corrected chi connectivity index (χ3v) is 3.56. The summed E-state index contributed by atoms with van der Waals surface area (Å²) in [6, 6.07) is 6.97. The summed E-state index contributed by atoms with van der Waals surface area (Å²) >= 11 is 7.42. The zero-order valence-corrected chi connectivity index (χ0v) is 12.1. The van der Waals surface area contributed by atoms with Gasteiger partial charge >= 0.3 is 5.97 Å².